The molecule has 14 heavy (non-hydrogen) atoms. The largest absolute Gasteiger partial charge is 0.311 e. The number of aromatic nitrogens is 2. The number of aryl methyl sites for hydroxylation is 1. The molecule has 0 saturated carbocycles. The molecule has 2 rings (SSSR count). The summed E-state index contributed by atoms with van der Waals surface area (Å²) in [5.41, 5.74) is 0.972. The smallest absolute Gasteiger partial charge is 0.264 e. The second kappa shape index (κ2) is 3.49. The predicted octanol–water partition coefficient (Wildman–Crippen LogP) is 1.52. The molecule has 0 aliphatic rings. The molecule has 0 unspecified atom stereocenters. The molecule has 0 saturated heterocycles. The van der Waals surface area contributed by atoms with E-state index < -0.39 is 0 Å². The van der Waals surface area contributed by atoms with Crippen molar-refractivity contribution in [3.05, 3.63) is 40.7 Å². The van der Waals surface area contributed by atoms with Crippen LogP contribution in [0.1, 0.15) is 6.92 Å². The minimum atomic E-state index is -0.182. The first-order valence-electron chi connectivity index (χ1n) is 4.45. The summed E-state index contributed by atoms with van der Waals surface area (Å²) in [6.45, 7) is 2.33. The van der Waals surface area contributed by atoms with Crippen LogP contribution in [0.5, 0.6) is 0 Å². The fourth-order valence-electron chi connectivity index (χ4n) is 1.26. The fraction of sp³-hybridized carbons (Fsp3) is 0.200. The van der Waals surface area contributed by atoms with Crippen LogP contribution in [0.15, 0.2) is 39.8 Å². The molecule has 1 aromatic carbocycles. The van der Waals surface area contributed by atoms with Gasteiger partial charge in [0.15, 0.2) is 5.69 Å². The van der Waals surface area contributed by atoms with Crippen LogP contribution in [-0.4, -0.2) is 9.90 Å². The molecule has 0 bridgehead atoms. The third-order valence-corrected chi connectivity index (χ3v) is 1.99. The normalized spacial score (nSPS) is 10.4. The molecular weight excluding hydrogens is 180 g/mol. The van der Waals surface area contributed by atoms with Crippen molar-refractivity contribution in [2.75, 3.05) is 0 Å². The Morgan fingerprint density at radius 3 is 2.64 bits per heavy atom. The summed E-state index contributed by atoms with van der Waals surface area (Å²) >= 11 is 0. The third kappa shape index (κ3) is 1.35. The van der Waals surface area contributed by atoms with Gasteiger partial charge in [0.1, 0.15) is 0 Å². The Morgan fingerprint density at radius 1 is 1.36 bits per heavy atom. The Balaban J connectivity index is 2.53. The van der Waals surface area contributed by atoms with Crippen molar-refractivity contribution in [2.45, 2.75) is 13.5 Å². The van der Waals surface area contributed by atoms with Crippen molar-refractivity contribution < 1.29 is 4.63 Å². The summed E-state index contributed by atoms with van der Waals surface area (Å²) in [5, 5.41) is 3.73. The van der Waals surface area contributed by atoms with Crippen molar-refractivity contribution in [2.24, 2.45) is 0 Å². The number of hydrogen-bond acceptors (Lipinski definition) is 3. The van der Waals surface area contributed by atoms with E-state index in [9.17, 15) is 4.79 Å². The van der Waals surface area contributed by atoms with Crippen molar-refractivity contribution in [1.29, 1.82) is 0 Å². The average Bonchev–Trinajstić information content (AvgIpc) is 2.61. The third-order valence-electron chi connectivity index (χ3n) is 1.99. The second-order valence-electron chi connectivity index (χ2n) is 2.89. The highest BCUT2D eigenvalue weighted by atomic mass is 16.6. The van der Waals surface area contributed by atoms with Crippen LogP contribution < -0.4 is 5.56 Å². The molecule has 4 nitrogen and oxygen atoms in total. The number of rotatable bonds is 2. The molecule has 0 atom stereocenters. The first-order valence-corrected chi connectivity index (χ1v) is 4.45. The Labute approximate surface area is 80.7 Å². The zero-order chi connectivity index (χ0) is 9.97. The lowest BCUT2D eigenvalue weighted by molar-refractivity contribution is 0.195. The number of hydrogen-bond donors (Lipinski definition) is 0. The first kappa shape index (κ1) is 8.74. The standard InChI is InChI=1S/C10H10N2O2/c1-2-12-10(13)9(11-14-12)8-6-4-3-5-7-8/h3-7H,2H2,1H3. The maximum atomic E-state index is 11.6. The van der Waals surface area contributed by atoms with Gasteiger partial charge in [-0.05, 0) is 12.1 Å². The lowest BCUT2D eigenvalue weighted by atomic mass is 10.2. The maximum Gasteiger partial charge on any atom is 0.311 e. The van der Waals surface area contributed by atoms with Crippen LogP contribution in [0, 0.1) is 0 Å². The van der Waals surface area contributed by atoms with E-state index in [-0.39, 0.29) is 5.56 Å². The van der Waals surface area contributed by atoms with Gasteiger partial charge in [0.05, 0.1) is 6.54 Å². The summed E-state index contributed by atoms with van der Waals surface area (Å²) < 4.78 is 6.08. The Hall–Kier alpha value is -1.84. The van der Waals surface area contributed by atoms with Crippen LogP contribution in [0.3, 0.4) is 0 Å². The van der Waals surface area contributed by atoms with Gasteiger partial charge in [-0.1, -0.05) is 30.3 Å². The Kier molecular flexibility index (Phi) is 2.18. The molecule has 1 aromatic heterocycles. The zero-order valence-corrected chi connectivity index (χ0v) is 7.80. The van der Waals surface area contributed by atoms with E-state index >= 15 is 0 Å². The van der Waals surface area contributed by atoms with Gasteiger partial charge in [0.2, 0.25) is 0 Å². The predicted molar refractivity (Wildman–Crippen MR) is 51.9 cm³/mol. The summed E-state index contributed by atoms with van der Waals surface area (Å²) in [7, 11) is 0. The van der Waals surface area contributed by atoms with Crippen molar-refractivity contribution in [3.8, 4) is 11.3 Å². The molecule has 1 heterocycles. The maximum absolute atomic E-state index is 11.6. The minimum absolute atomic E-state index is 0.182. The van der Waals surface area contributed by atoms with Gasteiger partial charge >= 0.3 is 5.56 Å². The highest BCUT2D eigenvalue weighted by Gasteiger charge is 2.10. The molecule has 0 amide bonds. The van der Waals surface area contributed by atoms with Crippen molar-refractivity contribution in [3.63, 3.8) is 0 Å². The van der Waals surface area contributed by atoms with Crippen LogP contribution in [-0.2, 0) is 6.54 Å². The number of benzene rings is 1. The molecule has 0 spiro atoms. The zero-order valence-electron chi connectivity index (χ0n) is 7.80. The topological polar surface area (TPSA) is 48.0 Å². The Morgan fingerprint density at radius 2 is 2.07 bits per heavy atom. The van der Waals surface area contributed by atoms with Gasteiger partial charge in [-0.3, -0.25) is 9.42 Å². The van der Waals surface area contributed by atoms with Crippen molar-refractivity contribution in [1.82, 2.24) is 9.90 Å². The van der Waals surface area contributed by atoms with Gasteiger partial charge in [0, 0.05) is 5.56 Å². The van der Waals surface area contributed by atoms with E-state index in [1.165, 1.54) is 4.74 Å². The first-order chi connectivity index (χ1) is 6.83. The van der Waals surface area contributed by atoms with E-state index in [0.717, 1.165) is 5.56 Å². The van der Waals surface area contributed by atoms with E-state index in [1.807, 2.05) is 37.3 Å². The molecule has 4 heteroatoms. The lowest BCUT2D eigenvalue weighted by Crippen LogP contribution is -2.14. The molecule has 0 radical (unpaired) electrons. The molecule has 2 aromatic rings. The van der Waals surface area contributed by atoms with Gasteiger partial charge in [-0.15, -0.1) is 4.74 Å². The summed E-state index contributed by atoms with van der Waals surface area (Å²) in [5.74, 6) is 0. The van der Waals surface area contributed by atoms with Crippen molar-refractivity contribution >= 4 is 0 Å². The molecule has 0 N–H and O–H groups in total. The van der Waals surface area contributed by atoms with Crippen LogP contribution in [0.4, 0.5) is 0 Å². The minimum Gasteiger partial charge on any atom is -0.264 e. The van der Waals surface area contributed by atoms with E-state index in [4.69, 9.17) is 4.63 Å². The lowest BCUT2D eigenvalue weighted by Gasteiger charge is -1.90. The number of nitrogens with zero attached hydrogens (tertiary/aromatic N) is 2. The molecule has 0 aliphatic heterocycles. The molecular formula is C10H10N2O2. The highest BCUT2D eigenvalue weighted by molar-refractivity contribution is 5.56. The quantitative estimate of drug-likeness (QED) is 0.721. The SMILES string of the molecule is CCn1onc(-c2ccccc2)c1=O. The van der Waals surface area contributed by atoms with E-state index in [2.05, 4.69) is 5.16 Å². The fourth-order valence-corrected chi connectivity index (χ4v) is 1.26. The van der Waals surface area contributed by atoms with Gasteiger partial charge in [-0.2, -0.15) is 0 Å². The molecule has 72 valence electrons. The van der Waals surface area contributed by atoms with Crippen LogP contribution >= 0.6 is 0 Å². The summed E-state index contributed by atoms with van der Waals surface area (Å²) in [6, 6.07) is 9.28. The van der Waals surface area contributed by atoms with Gasteiger partial charge in [-0.25, -0.2) is 0 Å². The van der Waals surface area contributed by atoms with Crippen LogP contribution in [0.25, 0.3) is 11.3 Å². The van der Waals surface area contributed by atoms with Gasteiger partial charge < -0.3 is 0 Å². The van der Waals surface area contributed by atoms with E-state index in [1.54, 1.807) is 0 Å². The molecule has 0 aliphatic carbocycles. The summed E-state index contributed by atoms with van der Waals surface area (Å²) in [4.78, 5) is 11.6. The second-order valence-corrected chi connectivity index (χ2v) is 2.89. The van der Waals surface area contributed by atoms with E-state index in [0.29, 0.717) is 12.2 Å². The average molecular weight is 190 g/mol. The monoisotopic (exact) mass is 190 g/mol. The Bertz CT molecular complexity index is 470. The van der Waals surface area contributed by atoms with Gasteiger partial charge in [0.25, 0.3) is 0 Å². The molecule has 0 fully saturated rings. The summed E-state index contributed by atoms with van der Waals surface area (Å²) in [6.07, 6.45) is 0. The van der Waals surface area contributed by atoms with Crippen LogP contribution in [0.2, 0.25) is 0 Å². The highest BCUT2D eigenvalue weighted by Crippen LogP contribution is 2.11.